The predicted molar refractivity (Wildman–Crippen MR) is 63.6 cm³/mol. The summed E-state index contributed by atoms with van der Waals surface area (Å²) in [5.41, 5.74) is 2.54. The van der Waals surface area contributed by atoms with Crippen molar-refractivity contribution in [3.63, 3.8) is 0 Å². The van der Waals surface area contributed by atoms with Gasteiger partial charge in [0.2, 0.25) is 5.89 Å². The maximum Gasteiger partial charge on any atom is 0.297 e. The number of aromatic nitrogens is 1. The van der Waals surface area contributed by atoms with Crippen LogP contribution in [0.3, 0.4) is 0 Å². The third-order valence-electron chi connectivity index (χ3n) is 2.05. The summed E-state index contributed by atoms with van der Waals surface area (Å²) in [4.78, 5) is 21.5. The largest absolute Gasteiger partial charge is 0.440 e. The van der Waals surface area contributed by atoms with Crippen LogP contribution in [0.25, 0.3) is 10.8 Å². The summed E-state index contributed by atoms with van der Waals surface area (Å²) in [6.45, 7) is 3.89. The van der Waals surface area contributed by atoms with Crippen molar-refractivity contribution in [2.45, 2.75) is 13.8 Å². The summed E-state index contributed by atoms with van der Waals surface area (Å²) in [6.07, 6.45) is 0. The SMILES string of the molecule is CCONC(=O)c1nc(-c2cccs2)oc1C. The standard InChI is InChI=1S/C11H12N2O3S/c1-3-15-13-10(14)9-7(2)16-11(12-9)8-5-4-6-17-8/h4-6H,3H2,1-2H3,(H,13,14). The molecule has 0 bridgehead atoms. The number of carbonyl (C=O) groups is 1. The van der Waals surface area contributed by atoms with Gasteiger partial charge in [0.15, 0.2) is 5.69 Å². The van der Waals surface area contributed by atoms with Crippen LogP contribution in [0.2, 0.25) is 0 Å². The lowest BCUT2D eigenvalue weighted by molar-refractivity contribution is 0.0359. The van der Waals surface area contributed by atoms with E-state index >= 15 is 0 Å². The van der Waals surface area contributed by atoms with Crippen LogP contribution in [0.15, 0.2) is 21.9 Å². The minimum Gasteiger partial charge on any atom is -0.440 e. The van der Waals surface area contributed by atoms with Crippen LogP contribution in [0.5, 0.6) is 0 Å². The average Bonchev–Trinajstić information content (AvgIpc) is 2.94. The number of nitrogens with one attached hydrogen (secondary N) is 1. The minimum absolute atomic E-state index is 0.252. The molecule has 5 nitrogen and oxygen atoms in total. The average molecular weight is 252 g/mol. The molecule has 0 saturated carbocycles. The fourth-order valence-electron chi connectivity index (χ4n) is 1.30. The normalized spacial score (nSPS) is 10.5. The van der Waals surface area contributed by atoms with Crippen molar-refractivity contribution in [1.29, 1.82) is 0 Å². The number of thiophene rings is 1. The molecule has 90 valence electrons. The van der Waals surface area contributed by atoms with E-state index < -0.39 is 5.91 Å². The summed E-state index contributed by atoms with van der Waals surface area (Å²) < 4.78 is 5.44. The van der Waals surface area contributed by atoms with E-state index in [2.05, 4.69) is 10.5 Å². The zero-order valence-electron chi connectivity index (χ0n) is 9.52. The number of aryl methyl sites for hydroxylation is 1. The van der Waals surface area contributed by atoms with E-state index in [0.29, 0.717) is 18.3 Å². The second-order valence-corrected chi connectivity index (χ2v) is 4.21. The predicted octanol–water partition coefficient (Wildman–Crippen LogP) is 2.39. The van der Waals surface area contributed by atoms with Crippen LogP contribution < -0.4 is 5.48 Å². The first-order valence-corrected chi connectivity index (χ1v) is 6.03. The Labute approximate surface area is 102 Å². The van der Waals surface area contributed by atoms with E-state index in [-0.39, 0.29) is 5.69 Å². The third-order valence-corrected chi connectivity index (χ3v) is 2.91. The summed E-state index contributed by atoms with van der Waals surface area (Å²) in [7, 11) is 0. The number of carbonyl (C=O) groups excluding carboxylic acids is 1. The Bertz CT molecular complexity index is 505. The quantitative estimate of drug-likeness (QED) is 0.848. The topological polar surface area (TPSA) is 64.4 Å². The Kier molecular flexibility index (Phi) is 3.55. The highest BCUT2D eigenvalue weighted by Gasteiger charge is 2.18. The summed E-state index contributed by atoms with van der Waals surface area (Å²) >= 11 is 1.51. The zero-order valence-corrected chi connectivity index (χ0v) is 10.3. The number of oxazole rings is 1. The summed E-state index contributed by atoms with van der Waals surface area (Å²) in [6, 6.07) is 3.79. The third kappa shape index (κ3) is 2.54. The van der Waals surface area contributed by atoms with Crippen LogP contribution in [0.1, 0.15) is 23.2 Å². The van der Waals surface area contributed by atoms with E-state index in [9.17, 15) is 4.79 Å². The molecule has 1 amide bonds. The molecule has 0 spiro atoms. The van der Waals surface area contributed by atoms with Gasteiger partial charge in [-0.05, 0) is 25.3 Å². The van der Waals surface area contributed by atoms with Gasteiger partial charge in [-0.2, -0.15) is 0 Å². The molecule has 2 aromatic heterocycles. The highest BCUT2D eigenvalue weighted by atomic mass is 32.1. The van der Waals surface area contributed by atoms with Crippen LogP contribution in [0, 0.1) is 6.92 Å². The molecular weight excluding hydrogens is 240 g/mol. The van der Waals surface area contributed by atoms with Crippen molar-refractivity contribution in [2.24, 2.45) is 0 Å². The number of nitrogens with zero attached hydrogens (tertiary/aromatic N) is 1. The van der Waals surface area contributed by atoms with Crippen molar-refractivity contribution < 1.29 is 14.0 Å². The van der Waals surface area contributed by atoms with E-state index in [1.54, 1.807) is 13.8 Å². The zero-order chi connectivity index (χ0) is 12.3. The smallest absolute Gasteiger partial charge is 0.297 e. The summed E-state index contributed by atoms with van der Waals surface area (Å²) in [5, 5.41) is 1.93. The lowest BCUT2D eigenvalue weighted by Gasteiger charge is -1.99. The Morgan fingerprint density at radius 3 is 3.12 bits per heavy atom. The maximum atomic E-state index is 11.7. The molecule has 2 aromatic rings. The van der Waals surface area contributed by atoms with Crippen LogP contribution in [-0.4, -0.2) is 17.5 Å². The number of rotatable bonds is 4. The molecular formula is C11H12N2O3S. The van der Waals surface area contributed by atoms with E-state index in [1.807, 2.05) is 17.5 Å². The van der Waals surface area contributed by atoms with Crippen molar-refractivity contribution in [1.82, 2.24) is 10.5 Å². The van der Waals surface area contributed by atoms with Crippen molar-refractivity contribution in [3.05, 3.63) is 29.0 Å². The fourth-order valence-corrected chi connectivity index (χ4v) is 1.95. The Morgan fingerprint density at radius 2 is 2.47 bits per heavy atom. The van der Waals surface area contributed by atoms with E-state index in [4.69, 9.17) is 9.25 Å². The Morgan fingerprint density at radius 1 is 1.65 bits per heavy atom. The van der Waals surface area contributed by atoms with E-state index in [0.717, 1.165) is 4.88 Å². The van der Waals surface area contributed by atoms with Gasteiger partial charge in [0, 0.05) is 0 Å². The second kappa shape index (κ2) is 5.11. The lowest BCUT2D eigenvalue weighted by Crippen LogP contribution is -2.24. The monoisotopic (exact) mass is 252 g/mol. The van der Waals surface area contributed by atoms with Gasteiger partial charge in [0.25, 0.3) is 5.91 Å². The highest BCUT2D eigenvalue weighted by molar-refractivity contribution is 7.13. The van der Waals surface area contributed by atoms with Gasteiger partial charge < -0.3 is 4.42 Å². The van der Waals surface area contributed by atoms with Gasteiger partial charge in [-0.1, -0.05) is 6.07 Å². The van der Waals surface area contributed by atoms with Gasteiger partial charge >= 0.3 is 0 Å². The first-order valence-electron chi connectivity index (χ1n) is 5.15. The van der Waals surface area contributed by atoms with Crippen molar-refractivity contribution in [2.75, 3.05) is 6.61 Å². The summed E-state index contributed by atoms with van der Waals surface area (Å²) in [5.74, 6) is 0.542. The molecule has 0 aliphatic heterocycles. The molecule has 0 fully saturated rings. The first-order chi connectivity index (χ1) is 8.22. The molecule has 0 aliphatic carbocycles. The van der Waals surface area contributed by atoms with Gasteiger partial charge in [-0.15, -0.1) is 11.3 Å². The molecule has 2 heterocycles. The maximum absolute atomic E-state index is 11.7. The molecule has 0 atom stereocenters. The second-order valence-electron chi connectivity index (χ2n) is 3.27. The van der Waals surface area contributed by atoms with Crippen LogP contribution in [-0.2, 0) is 4.84 Å². The Hall–Kier alpha value is -1.66. The minimum atomic E-state index is -0.393. The van der Waals surface area contributed by atoms with Gasteiger partial charge in [-0.3, -0.25) is 9.63 Å². The van der Waals surface area contributed by atoms with Gasteiger partial charge in [-0.25, -0.2) is 10.5 Å². The van der Waals surface area contributed by atoms with Crippen LogP contribution >= 0.6 is 11.3 Å². The molecule has 17 heavy (non-hydrogen) atoms. The molecule has 0 aromatic carbocycles. The highest BCUT2D eigenvalue weighted by Crippen LogP contribution is 2.25. The van der Waals surface area contributed by atoms with Crippen molar-refractivity contribution in [3.8, 4) is 10.8 Å². The lowest BCUT2D eigenvalue weighted by atomic mass is 10.3. The number of hydroxylamine groups is 1. The molecule has 0 unspecified atom stereocenters. The molecule has 1 N–H and O–H groups in total. The van der Waals surface area contributed by atoms with E-state index in [1.165, 1.54) is 11.3 Å². The molecule has 6 heteroatoms. The van der Waals surface area contributed by atoms with Gasteiger partial charge in [0.05, 0.1) is 11.5 Å². The van der Waals surface area contributed by atoms with Crippen LogP contribution in [0.4, 0.5) is 0 Å². The Balaban J connectivity index is 2.22. The van der Waals surface area contributed by atoms with Crippen molar-refractivity contribution >= 4 is 17.2 Å². The number of hydrogen-bond donors (Lipinski definition) is 1. The molecule has 2 rings (SSSR count). The first kappa shape index (κ1) is 11.8. The molecule has 0 saturated heterocycles. The fraction of sp³-hybridized carbons (Fsp3) is 0.273. The molecule has 0 radical (unpaired) electrons. The number of amides is 1. The number of hydrogen-bond acceptors (Lipinski definition) is 5. The van der Waals surface area contributed by atoms with Gasteiger partial charge in [0.1, 0.15) is 5.76 Å². The molecule has 0 aliphatic rings.